The average Bonchev–Trinajstić information content (AvgIpc) is 2.32. The molecule has 0 aromatic heterocycles. The summed E-state index contributed by atoms with van der Waals surface area (Å²) in [6, 6.07) is 10.2. The van der Waals surface area contributed by atoms with Gasteiger partial charge in [-0.25, -0.2) is 0 Å². The van der Waals surface area contributed by atoms with Crippen LogP contribution in [0.15, 0.2) is 30.3 Å². The molecule has 0 bridgehead atoms. The van der Waals surface area contributed by atoms with E-state index in [0.29, 0.717) is 0 Å². The van der Waals surface area contributed by atoms with Crippen LogP contribution in [-0.4, -0.2) is 41.1 Å². The molecule has 1 heterocycles. The SMILES string of the molecule is CCN(Cc1ccccc1)C1(CC(=O)O)CNC1. The summed E-state index contributed by atoms with van der Waals surface area (Å²) in [6.07, 6.45) is 0.209. The molecule has 4 heteroatoms. The highest BCUT2D eigenvalue weighted by Gasteiger charge is 2.43. The fraction of sp³-hybridized carbons (Fsp3) is 0.500. The lowest BCUT2D eigenvalue weighted by Gasteiger charge is -2.50. The van der Waals surface area contributed by atoms with Crippen molar-refractivity contribution in [1.29, 1.82) is 0 Å². The Morgan fingerprint density at radius 3 is 2.50 bits per heavy atom. The number of aliphatic carboxylic acids is 1. The standard InChI is InChI=1S/C14H20N2O2/c1-2-16(9-12-6-4-3-5-7-12)14(8-13(17)18)10-15-11-14/h3-7,15H,2,8-11H2,1H3,(H,17,18). The molecule has 1 fully saturated rings. The number of benzene rings is 1. The highest BCUT2D eigenvalue weighted by molar-refractivity contribution is 5.68. The molecule has 4 nitrogen and oxygen atoms in total. The highest BCUT2D eigenvalue weighted by Crippen LogP contribution is 2.26. The molecule has 1 aromatic carbocycles. The summed E-state index contributed by atoms with van der Waals surface area (Å²) < 4.78 is 0. The quantitative estimate of drug-likeness (QED) is 0.797. The van der Waals surface area contributed by atoms with Crippen molar-refractivity contribution in [3.05, 3.63) is 35.9 Å². The summed E-state index contributed by atoms with van der Waals surface area (Å²) in [6.45, 7) is 5.29. The molecule has 98 valence electrons. The summed E-state index contributed by atoms with van der Waals surface area (Å²) in [7, 11) is 0. The molecule has 0 unspecified atom stereocenters. The smallest absolute Gasteiger partial charge is 0.305 e. The second-order valence-electron chi connectivity index (χ2n) is 4.90. The molecular weight excluding hydrogens is 228 g/mol. The predicted octanol–water partition coefficient (Wildman–Crippen LogP) is 1.33. The van der Waals surface area contributed by atoms with Crippen LogP contribution in [0.5, 0.6) is 0 Å². The largest absolute Gasteiger partial charge is 0.481 e. The van der Waals surface area contributed by atoms with Gasteiger partial charge in [0.2, 0.25) is 0 Å². The fourth-order valence-electron chi connectivity index (χ4n) is 2.57. The summed E-state index contributed by atoms with van der Waals surface area (Å²) in [5.74, 6) is -0.719. The van der Waals surface area contributed by atoms with Gasteiger partial charge < -0.3 is 10.4 Å². The zero-order valence-electron chi connectivity index (χ0n) is 10.7. The zero-order valence-corrected chi connectivity index (χ0v) is 10.7. The lowest BCUT2D eigenvalue weighted by Crippen LogP contribution is -2.69. The monoisotopic (exact) mass is 248 g/mol. The number of likely N-dealkylation sites (N-methyl/N-ethyl adjacent to an activating group) is 1. The van der Waals surface area contributed by atoms with E-state index in [-0.39, 0.29) is 12.0 Å². The number of carboxylic acid groups (broad SMARTS) is 1. The molecule has 1 aliphatic rings. The molecule has 0 radical (unpaired) electrons. The van der Waals surface area contributed by atoms with E-state index in [0.717, 1.165) is 26.2 Å². The van der Waals surface area contributed by atoms with Crippen molar-refractivity contribution in [2.75, 3.05) is 19.6 Å². The van der Waals surface area contributed by atoms with Gasteiger partial charge in [0, 0.05) is 19.6 Å². The van der Waals surface area contributed by atoms with E-state index in [1.54, 1.807) is 0 Å². The number of nitrogens with one attached hydrogen (secondary N) is 1. The van der Waals surface area contributed by atoms with Crippen LogP contribution in [0.25, 0.3) is 0 Å². The topological polar surface area (TPSA) is 52.6 Å². The Hall–Kier alpha value is -1.39. The Morgan fingerprint density at radius 1 is 1.39 bits per heavy atom. The maximum Gasteiger partial charge on any atom is 0.305 e. The summed E-state index contributed by atoms with van der Waals surface area (Å²) in [5, 5.41) is 12.3. The lowest BCUT2D eigenvalue weighted by molar-refractivity contribution is -0.142. The second-order valence-corrected chi connectivity index (χ2v) is 4.90. The van der Waals surface area contributed by atoms with Gasteiger partial charge in [-0.1, -0.05) is 37.3 Å². The Kier molecular flexibility index (Phi) is 3.99. The third-order valence-corrected chi connectivity index (χ3v) is 3.66. The Labute approximate surface area is 108 Å². The molecule has 0 aliphatic carbocycles. The minimum atomic E-state index is -0.719. The van der Waals surface area contributed by atoms with E-state index >= 15 is 0 Å². The van der Waals surface area contributed by atoms with E-state index in [4.69, 9.17) is 5.11 Å². The van der Waals surface area contributed by atoms with E-state index in [1.807, 2.05) is 18.2 Å². The Bertz CT molecular complexity index is 402. The third-order valence-electron chi connectivity index (χ3n) is 3.66. The van der Waals surface area contributed by atoms with Gasteiger partial charge in [0.25, 0.3) is 0 Å². The van der Waals surface area contributed by atoms with Crippen molar-refractivity contribution in [1.82, 2.24) is 10.2 Å². The Morgan fingerprint density at radius 2 is 2.06 bits per heavy atom. The van der Waals surface area contributed by atoms with Crippen molar-refractivity contribution in [3.63, 3.8) is 0 Å². The van der Waals surface area contributed by atoms with Crippen LogP contribution < -0.4 is 5.32 Å². The van der Waals surface area contributed by atoms with Gasteiger partial charge in [-0.3, -0.25) is 9.69 Å². The minimum absolute atomic E-state index is 0.209. The van der Waals surface area contributed by atoms with Gasteiger partial charge in [0.05, 0.1) is 12.0 Å². The van der Waals surface area contributed by atoms with Crippen LogP contribution >= 0.6 is 0 Å². The number of hydrogen-bond donors (Lipinski definition) is 2. The molecule has 0 spiro atoms. The maximum absolute atomic E-state index is 11.0. The number of carbonyl (C=O) groups is 1. The fourth-order valence-corrected chi connectivity index (χ4v) is 2.57. The second kappa shape index (κ2) is 5.50. The molecule has 1 aromatic rings. The summed E-state index contributed by atoms with van der Waals surface area (Å²) in [5.41, 5.74) is 1.02. The third kappa shape index (κ3) is 2.71. The van der Waals surface area contributed by atoms with E-state index < -0.39 is 5.97 Å². The van der Waals surface area contributed by atoms with Gasteiger partial charge in [-0.15, -0.1) is 0 Å². The van der Waals surface area contributed by atoms with Crippen molar-refractivity contribution < 1.29 is 9.90 Å². The highest BCUT2D eigenvalue weighted by atomic mass is 16.4. The van der Waals surface area contributed by atoms with E-state index in [1.165, 1.54) is 5.56 Å². The molecular formula is C14H20N2O2. The molecule has 1 aliphatic heterocycles. The maximum atomic E-state index is 11.0. The molecule has 2 N–H and O–H groups in total. The number of carboxylic acids is 1. The van der Waals surface area contributed by atoms with Gasteiger partial charge >= 0.3 is 5.97 Å². The number of nitrogens with zero attached hydrogens (tertiary/aromatic N) is 1. The summed E-state index contributed by atoms with van der Waals surface area (Å²) in [4.78, 5) is 13.3. The van der Waals surface area contributed by atoms with Gasteiger partial charge in [0.15, 0.2) is 0 Å². The number of hydrogen-bond acceptors (Lipinski definition) is 3. The van der Waals surface area contributed by atoms with Gasteiger partial charge in [-0.05, 0) is 12.1 Å². The van der Waals surface area contributed by atoms with E-state index in [9.17, 15) is 4.79 Å². The van der Waals surface area contributed by atoms with Crippen LogP contribution in [0, 0.1) is 0 Å². The van der Waals surface area contributed by atoms with Crippen LogP contribution in [-0.2, 0) is 11.3 Å². The molecule has 1 saturated heterocycles. The van der Waals surface area contributed by atoms with Crippen molar-refractivity contribution in [3.8, 4) is 0 Å². The number of rotatable bonds is 6. The average molecular weight is 248 g/mol. The van der Waals surface area contributed by atoms with Crippen molar-refractivity contribution >= 4 is 5.97 Å². The van der Waals surface area contributed by atoms with Crippen LogP contribution in [0.1, 0.15) is 18.9 Å². The zero-order chi connectivity index (χ0) is 13.0. The first-order valence-electron chi connectivity index (χ1n) is 6.38. The normalized spacial score (nSPS) is 17.4. The van der Waals surface area contributed by atoms with E-state index in [2.05, 4.69) is 29.3 Å². The molecule has 2 rings (SSSR count). The molecule has 18 heavy (non-hydrogen) atoms. The van der Waals surface area contributed by atoms with Gasteiger partial charge in [0.1, 0.15) is 0 Å². The van der Waals surface area contributed by atoms with Crippen LogP contribution in [0.4, 0.5) is 0 Å². The molecule has 0 saturated carbocycles. The first-order chi connectivity index (χ1) is 8.66. The van der Waals surface area contributed by atoms with Gasteiger partial charge in [-0.2, -0.15) is 0 Å². The predicted molar refractivity (Wildman–Crippen MR) is 70.4 cm³/mol. The van der Waals surface area contributed by atoms with Crippen molar-refractivity contribution in [2.24, 2.45) is 0 Å². The summed E-state index contributed by atoms with van der Waals surface area (Å²) >= 11 is 0. The molecule has 0 atom stereocenters. The minimum Gasteiger partial charge on any atom is -0.481 e. The van der Waals surface area contributed by atoms with Crippen LogP contribution in [0.2, 0.25) is 0 Å². The Balaban J connectivity index is 2.09. The first-order valence-corrected chi connectivity index (χ1v) is 6.38. The van der Waals surface area contributed by atoms with Crippen molar-refractivity contribution in [2.45, 2.75) is 25.4 Å². The van der Waals surface area contributed by atoms with Crippen LogP contribution in [0.3, 0.4) is 0 Å². The molecule has 0 amide bonds. The lowest BCUT2D eigenvalue weighted by atomic mass is 9.86. The first kappa shape index (κ1) is 13.1.